The highest BCUT2D eigenvalue weighted by Gasteiger charge is 2.17. The summed E-state index contributed by atoms with van der Waals surface area (Å²) in [6.45, 7) is 3.45. The lowest BCUT2D eigenvalue weighted by molar-refractivity contribution is -0.117. The van der Waals surface area contributed by atoms with Crippen LogP contribution in [0.4, 0.5) is 17.1 Å². The van der Waals surface area contributed by atoms with Crippen LogP contribution >= 0.6 is 15.9 Å². The third-order valence-electron chi connectivity index (χ3n) is 5.37. The van der Waals surface area contributed by atoms with Crippen molar-refractivity contribution in [3.05, 3.63) is 46.4 Å². The Morgan fingerprint density at radius 1 is 1.16 bits per heavy atom. The Labute approximate surface area is 190 Å². The fourth-order valence-electron chi connectivity index (χ4n) is 3.77. The highest BCUT2D eigenvalue weighted by Crippen LogP contribution is 2.30. The third kappa shape index (κ3) is 5.77. The quantitative estimate of drug-likeness (QED) is 0.577. The van der Waals surface area contributed by atoms with E-state index in [0.29, 0.717) is 39.1 Å². The van der Waals surface area contributed by atoms with Gasteiger partial charge in [0.15, 0.2) is 0 Å². The highest BCUT2D eigenvalue weighted by atomic mass is 79.9. The van der Waals surface area contributed by atoms with Gasteiger partial charge in [0.2, 0.25) is 11.8 Å². The average Bonchev–Trinajstić information content (AvgIpc) is 2.77. The van der Waals surface area contributed by atoms with Crippen molar-refractivity contribution in [1.82, 2.24) is 0 Å². The van der Waals surface area contributed by atoms with E-state index >= 15 is 0 Å². The fraction of sp³-hybridized carbons (Fsp3) is 0.391. The second-order valence-electron chi connectivity index (χ2n) is 7.63. The number of aryl methyl sites for hydroxylation is 1. The van der Waals surface area contributed by atoms with Crippen molar-refractivity contribution < 1.29 is 19.1 Å². The first-order valence-corrected chi connectivity index (χ1v) is 11.4. The normalized spacial score (nSPS) is 15.8. The van der Waals surface area contributed by atoms with Gasteiger partial charge in [-0.15, -0.1) is 0 Å². The molecule has 2 aliphatic heterocycles. The molecule has 2 aromatic carbocycles. The van der Waals surface area contributed by atoms with Crippen molar-refractivity contribution in [2.45, 2.75) is 25.7 Å². The SMILES string of the molecule is O=C1CCc2cc(OCCCC(=O)Nc3cc(Br)ccc3N3CCOCC3)ccc2N1. The van der Waals surface area contributed by atoms with Gasteiger partial charge in [0.05, 0.1) is 31.2 Å². The van der Waals surface area contributed by atoms with Crippen LogP contribution in [0.5, 0.6) is 5.75 Å². The van der Waals surface area contributed by atoms with Gasteiger partial charge in [-0.1, -0.05) is 15.9 Å². The molecular weight excluding hydrogens is 462 g/mol. The zero-order chi connectivity index (χ0) is 21.6. The lowest BCUT2D eigenvalue weighted by Gasteiger charge is -2.30. The molecule has 164 valence electrons. The lowest BCUT2D eigenvalue weighted by Crippen LogP contribution is -2.36. The van der Waals surface area contributed by atoms with Crippen LogP contribution in [0.1, 0.15) is 24.8 Å². The number of halogens is 1. The largest absolute Gasteiger partial charge is 0.494 e. The fourth-order valence-corrected chi connectivity index (χ4v) is 4.13. The first kappa shape index (κ1) is 21.6. The molecule has 0 aliphatic carbocycles. The number of hydrogen-bond acceptors (Lipinski definition) is 5. The van der Waals surface area contributed by atoms with Crippen molar-refractivity contribution >= 4 is 44.8 Å². The number of nitrogens with one attached hydrogen (secondary N) is 2. The zero-order valence-electron chi connectivity index (χ0n) is 17.3. The molecule has 0 unspecified atom stereocenters. The number of carbonyl (C=O) groups excluding carboxylic acids is 2. The minimum Gasteiger partial charge on any atom is -0.494 e. The average molecular weight is 488 g/mol. The molecule has 0 atom stereocenters. The topological polar surface area (TPSA) is 79.9 Å². The Kier molecular flexibility index (Phi) is 7.09. The van der Waals surface area contributed by atoms with Crippen molar-refractivity contribution in [2.75, 3.05) is 48.4 Å². The summed E-state index contributed by atoms with van der Waals surface area (Å²) < 4.78 is 12.2. The predicted octanol–water partition coefficient (Wildman–Crippen LogP) is 3.97. The molecule has 2 amide bonds. The molecule has 2 aliphatic rings. The summed E-state index contributed by atoms with van der Waals surface area (Å²) >= 11 is 3.49. The smallest absolute Gasteiger partial charge is 0.224 e. The van der Waals surface area contributed by atoms with Crippen LogP contribution < -0.4 is 20.3 Å². The van der Waals surface area contributed by atoms with E-state index in [-0.39, 0.29) is 11.8 Å². The lowest BCUT2D eigenvalue weighted by atomic mass is 10.0. The second kappa shape index (κ2) is 10.2. The van der Waals surface area contributed by atoms with E-state index in [1.807, 2.05) is 36.4 Å². The van der Waals surface area contributed by atoms with Gasteiger partial charge in [0.1, 0.15) is 5.75 Å². The minimum absolute atomic E-state index is 0.0376. The van der Waals surface area contributed by atoms with E-state index in [4.69, 9.17) is 9.47 Å². The molecule has 1 fully saturated rings. The Morgan fingerprint density at radius 3 is 2.84 bits per heavy atom. The van der Waals surface area contributed by atoms with Crippen LogP contribution in [0.2, 0.25) is 0 Å². The summed E-state index contributed by atoms with van der Waals surface area (Å²) in [5.74, 6) is 0.774. The van der Waals surface area contributed by atoms with E-state index in [1.165, 1.54) is 0 Å². The number of benzene rings is 2. The van der Waals surface area contributed by atoms with Gasteiger partial charge in [-0.2, -0.15) is 0 Å². The van der Waals surface area contributed by atoms with E-state index in [9.17, 15) is 9.59 Å². The van der Waals surface area contributed by atoms with Gasteiger partial charge < -0.3 is 25.0 Å². The van der Waals surface area contributed by atoms with Crippen molar-refractivity contribution in [3.63, 3.8) is 0 Å². The monoisotopic (exact) mass is 487 g/mol. The van der Waals surface area contributed by atoms with Gasteiger partial charge in [0, 0.05) is 36.1 Å². The molecule has 0 bridgehead atoms. The Balaban J connectivity index is 1.27. The van der Waals surface area contributed by atoms with E-state index < -0.39 is 0 Å². The van der Waals surface area contributed by atoms with Gasteiger partial charge >= 0.3 is 0 Å². The van der Waals surface area contributed by atoms with Crippen LogP contribution in [0.15, 0.2) is 40.9 Å². The Bertz CT molecular complexity index is 960. The molecule has 7 nitrogen and oxygen atoms in total. The van der Waals surface area contributed by atoms with Crippen molar-refractivity contribution in [1.29, 1.82) is 0 Å². The number of nitrogens with zero attached hydrogens (tertiary/aromatic N) is 1. The molecule has 2 N–H and O–H groups in total. The molecule has 8 heteroatoms. The Morgan fingerprint density at radius 2 is 2.00 bits per heavy atom. The van der Waals surface area contributed by atoms with Crippen LogP contribution in [0.25, 0.3) is 0 Å². The van der Waals surface area contributed by atoms with Gasteiger partial charge in [-0.25, -0.2) is 0 Å². The van der Waals surface area contributed by atoms with E-state index in [0.717, 1.165) is 52.4 Å². The van der Waals surface area contributed by atoms with Gasteiger partial charge in [-0.05, 0) is 54.8 Å². The minimum atomic E-state index is -0.0376. The van der Waals surface area contributed by atoms with Gasteiger partial charge in [-0.3, -0.25) is 9.59 Å². The molecule has 1 saturated heterocycles. The maximum Gasteiger partial charge on any atom is 0.224 e. The molecule has 2 heterocycles. The molecule has 0 radical (unpaired) electrons. The summed E-state index contributed by atoms with van der Waals surface area (Å²) in [4.78, 5) is 26.2. The first-order chi connectivity index (χ1) is 15.1. The number of ether oxygens (including phenoxy) is 2. The summed E-state index contributed by atoms with van der Waals surface area (Å²) in [5.41, 5.74) is 3.75. The number of carbonyl (C=O) groups is 2. The standard InChI is InChI=1S/C23H26BrN3O4/c24-17-4-7-21(27-9-12-30-13-10-27)20(15-17)26-22(28)2-1-11-31-18-5-6-19-16(14-18)3-8-23(29)25-19/h4-7,14-15H,1-3,8-13H2,(H,25,29)(H,26,28). The van der Waals surface area contributed by atoms with Crippen LogP contribution in [-0.2, 0) is 20.7 Å². The maximum atomic E-state index is 12.5. The number of rotatable bonds is 7. The highest BCUT2D eigenvalue weighted by molar-refractivity contribution is 9.10. The number of amides is 2. The van der Waals surface area contributed by atoms with Crippen LogP contribution in [-0.4, -0.2) is 44.7 Å². The van der Waals surface area contributed by atoms with Crippen LogP contribution in [0, 0.1) is 0 Å². The van der Waals surface area contributed by atoms with Crippen molar-refractivity contribution in [3.8, 4) is 5.75 Å². The first-order valence-electron chi connectivity index (χ1n) is 10.6. The summed E-state index contributed by atoms with van der Waals surface area (Å²) in [6.07, 6.45) is 2.20. The molecule has 2 aromatic rings. The number of anilines is 3. The molecule has 0 saturated carbocycles. The molecular formula is C23H26BrN3O4. The van der Waals surface area contributed by atoms with Gasteiger partial charge in [0.25, 0.3) is 0 Å². The number of hydrogen-bond donors (Lipinski definition) is 2. The zero-order valence-corrected chi connectivity index (χ0v) is 18.9. The summed E-state index contributed by atoms with van der Waals surface area (Å²) in [7, 11) is 0. The van der Waals surface area contributed by atoms with Crippen LogP contribution in [0.3, 0.4) is 0 Å². The molecule has 0 spiro atoms. The summed E-state index contributed by atoms with van der Waals surface area (Å²) in [6, 6.07) is 11.6. The summed E-state index contributed by atoms with van der Waals surface area (Å²) in [5, 5.41) is 5.91. The number of morpholine rings is 1. The molecule has 31 heavy (non-hydrogen) atoms. The maximum absolute atomic E-state index is 12.5. The molecule has 4 rings (SSSR count). The predicted molar refractivity (Wildman–Crippen MR) is 124 cm³/mol. The molecule has 0 aromatic heterocycles. The van der Waals surface area contributed by atoms with E-state index in [2.05, 4.69) is 31.5 Å². The van der Waals surface area contributed by atoms with Crippen molar-refractivity contribution in [2.24, 2.45) is 0 Å². The Hall–Kier alpha value is -2.58. The number of fused-ring (bicyclic) bond motifs is 1. The third-order valence-corrected chi connectivity index (χ3v) is 5.87. The van der Waals surface area contributed by atoms with E-state index in [1.54, 1.807) is 0 Å². The second-order valence-corrected chi connectivity index (χ2v) is 8.54.